The molecule has 1 aromatic carbocycles. The molecule has 0 atom stereocenters. The van der Waals surface area contributed by atoms with Gasteiger partial charge in [-0.25, -0.2) is 0 Å². The van der Waals surface area contributed by atoms with E-state index >= 15 is 0 Å². The fourth-order valence-corrected chi connectivity index (χ4v) is 1.96. The number of amides is 1. The van der Waals surface area contributed by atoms with E-state index < -0.39 is 0 Å². The molecule has 0 saturated carbocycles. The molecule has 1 rings (SSSR count). The van der Waals surface area contributed by atoms with Crippen LogP contribution in [0, 0.1) is 0 Å². The molecule has 5 heteroatoms. The highest BCUT2D eigenvalue weighted by atomic mass is 35.5. The molecule has 3 nitrogen and oxygen atoms in total. The highest BCUT2D eigenvalue weighted by Gasteiger charge is 2.04. The summed E-state index contributed by atoms with van der Waals surface area (Å²) >= 11 is 11.7. The predicted octanol–water partition coefficient (Wildman–Crippen LogP) is 3.47. The van der Waals surface area contributed by atoms with E-state index in [-0.39, 0.29) is 5.91 Å². The van der Waals surface area contributed by atoms with Crippen molar-refractivity contribution in [3.63, 3.8) is 0 Å². The highest BCUT2D eigenvalue weighted by Crippen LogP contribution is 2.23. The minimum Gasteiger partial charge on any atom is -0.385 e. The van der Waals surface area contributed by atoms with Crippen LogP contribution in [0.15, 0.2) is 18.2 Å². The van der Waals surface area contributed by atoms with E-state index in [0.717, 1.165) is 25.0 Å². The van der Waals surface area contributed by atoms with Crippen molar-refractivity contribution in [2.45, 2.75) is 25.7 Å². The number of methoxy groups -OCH3 is 1. The summed E-state index contributed by atoms with van der Waals surface area (Å²) in [5.74, 6) is 0.0588. The number of carbonyl (C=O) groups excluding carboxylic acids is 1. The molecule has 0 aromatic heterocycles. The van der Waals surface area contributed by atoms with Crippen molar-refractivity contribution in [3.8, 4) is 0 Å². The Balaban J connectivity index is 2.20. The van der Waals surface area contributed by atoms with Crippen LogP contribution < -0.4 is 5.32 Å². The molecular weight excluding hydrogens is 285 g/mol. The van der Waals surface area contributed by atoms with E-state index in [1.165, 1.54) is 0 Å². The molecule has 0 spiro atoms. The van der Waals surface area contributed by atoms with Crippen molar-refractivity contribution in [1.29, 1.82) is 0 Å². The second-order valence-corrected chi connectivity index (χ2v) is 5.11. The van der Waals surface area contributed by atoms with Crippen LogP contribution in [0.3, 0.4) is 0 Å². The first-order chi connectivity index (χ1) is 9.13. The summed E-state index contributed by atoms with van der Waals surface area (Å²) in [6.07, 6.45) is 3.03. The third-order valence-corrected chi connectivity index (χ3v) is 3.46. The van der Waals surface area contributed by atoms with Gasteiger partial charge in [0.2, 0.25) is 5.91 Å². The molecule has 19 heavy (non-hydrogen) atoms. The molecule has 1 N–H and O–H groups in total. The zero-order valence-corrected chi connectivity index (χ0v) is 12.6. The van der Waals surface area contributed by atoms with E-state index in [1.54, 1.807) is 19.2 Å². The number of halogens is 2. The Morgan fingerprint density at radius 3 is 2.74 bits per heavy atom. The summed E-state index contributed by atoms with van der Waals surface area (Å²) in [4.78, 5) is 11.6. The minimum absolute atomic E-state index is 0.0588. The van der Waals surface area contributed by atoms with Crippen molar-refractivity contribution >= 4 is 29.1 Å². The molecular formula is C14H19Cl2NO2. The summed E-state index contributed by atoms with van der Waals surface area (Å²) < 4.78 is 4.94. The normalized spacial score (nSPS) is 10.5. The number of unbranched alkanes of at least 4 members (excludes halogenated alkanes) is 1. The van der Waals surface area contributed by atoms with E-state index in [2.05, 4.69) is 5.32 Å². The first kappa shape index (κ1) is 16.3. The average Bonchev–Trinajstić information content (AvgIpc) is 2.40. The molecule has 0 bridgehead atoms. The maximum absolute atomic E-state index is 11.6. The lowest BCUT2D eigenvalue weighted by Gasteiger charge is -2.06. The van der Waals surface area contributed by atoms with Gasteiger partial charge in [-0.15, -0.1) is 0 Å². The Hall–Kier alpha value is -0.770. The van der Waals surface area contributed by atoms with Gasteiger partial charge in [-0.05, 0) is 37.0 Å². The van der Waals surface area contributed by atoms with Crippen LogP contribution >= 0.6 is 23.2 Å². The summed E-state index contributed by atoms with van der Waals surface area (Å²) in [6, 6.07) is 5.44. The van der Waals surface area contributed by atoms with Crippen molar-refractivity contribution in [3.05, 3.63) is 33.8 Å². The number of aryl methyl sites for hydroxylation is 1. The van der Waals surface area contributed by atoms with Crippen LogP contribution in [-0.4, -0.2) is 26.2 Å². The second kappa shape index (κ2) is 9.18. The van der Waals surface area contributed by atoms with Crippen molar-refractivity contribution in [2.75, 3.05) is 20.3 Å². The minimum atomic E-state index is 0.0588. The Morgan fingerprint density at radius 1 is 1.26 bits per heavy atom. The molecule has 0 radical (unpaired) electrons. The highest BCUT2D eigenvalue weighted by molar-refractivity contribution is 6.42. The average molecular weight is 304 g/mol. The maximum Gasteiger partial charge on any atom is 0.220 e. The van der Waals surface area contributed by atoms with Gasteiger partial charge in [-0.3, -0.25) is 4.79 Å². The van der Waals surface area contributed by atoms with Crippen molar-refractivity contribution in [2.24, 2.45) is 0 Å². The third-order valence-electron chi connectivity index (χ3n) is 2.72. The number of hydrogen-bond acceptors (Lipinski definition) is 2. The number of benzene rings is 1. The second-order valence-electron chi connectivity index (χ2n) is 4.30. The van der Waals surface area contributed by atoms with E-state index in [0.29, 0.717) is 29.4 Å². The molecule has 1 aromatic rings. The molecule has 0 heterocycles. The Kier molecular flexibility index (Phi) is 7.87. The lowest BCUT2D eigenvalue weighted by atomic mass is 10.1. The van der Waals surface area contributed by atoms with E-state index in [1.807, 2.05) is 6.07 Å². The molecule has 1 amide bonds. The largest absolute Gasteiger partial charge is 0.385 e. The molecule has 0 aliphatic carbocycles. The van der Waals surface area contributed by atoms with E-state index in [9.17, 15) is 4.79 Å². The Bertz CT molecular complexity index is 410. The molecule has 106 valence electrons. The number of rotatable bonds is 8. The van der Waals surface area contributed by atoms with Crippen LogP contribution in [0.2, 0.25) is 10.0 Å². The van der Waals surface area contributed by atoms with Gasteiger partial charge >= 0.3 is 0 Å². The standard InChI is InChI=1S/C14H19Cl2NO2/c1-19-9-3-2-8-17-14(18)7-5-11-4-6-12(15)13(16)10-11/h4,6,10H,2-3,5,7-9H2,1H3,(H,17,18). The van der Waals surface area contributed by atoms with E-state index in [4.69, 9.17) is 27.9 Å². The smallest absolute Gasteiger partial charge is 0.220 e. The lowest BCUT2D eigenvalue weighted by molar-refractivity contribution is -0.121. The van der Waals surface area contributed by atoms with Gasteiger partial charge in [0.05, 0.1) is 10.0 Å². The van der Waals surface area contributed by atoms with Crippen LogP contribution in [0.1, 0.15) is 24.8 Å². The van der Waals surface area contributed by atoms with Crippen LogP contribution in [-0.2, 0) is 16.0 Å². The van der Waals surface area contributed by atoms with Gasteiger partial charge in [0, 0.05) is 26.7 Å². The van der Waals surface area contributed by atoms with Crippen molar-refractivity contribution in [1.82, 2.24) is 5.32 Å². The topological polar surface area (TPSA) is 38.3 Å². The summed E-state index contributed by atoms with van der Waals surface area (Å²) in [7, 11) is 1.68. The molecule has 0 aliphatic rings. The summed E-state index contributed by atoms with van der Waals surface area (Å²) in [6.45, 7) is 1.43. The van der Waals surface area contributed by atoms with Crippen molar-refractivity contribution < 1.29 is 9.53 Å². The molecule has 0 fully saturated rings. The van der Waals surface area contributed by atoms with Crippen LogP contribution in [0.25, 0.3) is 0 Å². The monoisotopic (exact) mass is 303 g/mol. The maximum atomic E-state index is 11.6. The van der Waals surface area contributed by atoms with Crippen LogP contribution in [0.5, 0.6) is 0 Å². The Morgan fingerprint density at radius 2 is 2.05 bits per heavy atom. The van der Waals surface area contributed by atoms with Gasteiger partial charge in [0.15, 0.2) is 0 Å². The van der Waals surface area contributed by atoms with Crippen LogP contribution in [0.4, 0.5) is 0 Å². The molecule has 0 aliphatic heterocycles. The quantitative estimate of drug-likeness (QED) is 0.747. The predicted molar refractivity (Wildman–Crippen MR) is 78.9 cm³/mol. The van der Waals surface area contributed by atoms with Gasteiger partial charge in [-0.2, -0.15) is 0 Å². The SMILES string of the molecule is COCCCCNC(=O)CCc1ccc(Cl)c(Cl)c1. The first-order valence-corrected chi connectivity index (χ1v) is 7.08. The van der Waals surface area contributed by atoms with Gasteiger partial charge < -0.3 is 10.1 Å². The number of carbonyl (C=O) groups is 1. The number of hydrogen-bond donors (Lipinski definition) is 1. The summed E-state index contributed by atoms with van der Waals surface area (Å²) in [5.41, 5.74) is 1.02. The fourth-order valence-electron chi connectivity index (χ4n) is 1.64. The zero-order valence-electron chi connectivity index (χ0n) is 11.0. The lowest BCUT2D eigenvalue weighted by Crippen LogP contribution is -2.24. The Labute approximate surface area is 124 Å². The van der Waals surface area contributed by atoms with Gasteiger partial charge in [0.1, 0.15) is 0 Å². The number of ether oxygens (including phenoxy) is 1. The molecule has 0 saturated heterocycles. The zero-order chi connectivity index (χ0) is 14.1. The summed E-state index contributed by atoms with van der Waals surface area (Å²) in [5, 5.41) is 3.95. The van der Waals surface area contributed by atoms with Gasteiger partial charge in [-0.1, -0.05) is 29.3 Å². The number of nitrogens with one attached hydrogen (secondary N) is 1. The van der Waals surface area contributed by atoms with Gasteiger partial charge in [0.25, 0.3) is 0 Å². The fraction of sp³-hybridized carbons (Fsp3) is 0.500. The molecule has 0 unspecified atom stereocenters. The first-order valence-electron chi connectivity index (χ1n) is 6.33. The third kappa shape index (κ3) is 6.81.